The number of carbonyl (C=O) groups is 2. The van der Waals surface area contributed by atoms with Gasteiger partial charge in [-0.05, 0) is 32.1 Å². The molecule has 1 fully saturated rings. The number of nitrogens with one attached hydrogen (secondary N) is 1. The van der Waals surface area contributed by atoms with E-state index < -0.39 is 49.5 Å². The molecule has 1 aliphatic heterocycles. The van der Waals surface area contributed by atoms with E-state index in [-0.39, 0.29) is 18.5 Å². The van der Waals surface area contributed by atoms with Gasteiger partial charge in [-0.15, -0.1) is 0 Å². The summed E-state index contributed by atoms with van der Waals surface area (Å²) in [4.78, 5) is 25.1. The van der Waals surface area contributed by atoms with Crippen LogP contribution in [-0.2, 0) is 23.8 Å². The number of esters is 1. The van der Waals surface area contributed by atoms with Crippen LogP contribution in [-0.4, -0.2) is 100 Å². The summed E-state index contributed by atoms with van der Waals surface area (Å²) in [5.41, 5.74) is 0. The van der Waals surface area contributed by atoms with Crippen molar-refractivity contribution in [1.29, 1.82) is 0 Å². The first-order valence-electron chi connectivity index (χ1n) is 32.5. The first-order chi connectivity index (χ1) is 36.7. The van der Waals surface area contributed by atoms with Crippen LogP contribution in [0.25, 0.3) is 0 Å². The van der Waals surface area contributed by atoms with E-state index in [4.69, 9.17) is 14.2 Å². The van der Waals surface area contributed by atoms with Gasteiger partial charge in [-0.2, -0.15) is 0 Å². The molecule has 0 saturated carbocycles. The van der Waals surface area contributed by atoms with Crippen molar-refractivity contribution in [3.63, 3.8) is 0 Å². The molecule has 6 N–H and O–H groups in total. The molecule has 0 aromatic heterocycles. The minimum atomic E-state index is -1.57. The Labute approximate surface area is 461 Å². The molecule has 1 aliphatic rings. The summed E-state index contributed by atoms with van der Waals surface area (Å²) in [6.45, 7) is 4.34. The van der Waals surface area contributed by atoms with Crippen molar-refractivity contribution >= 4 is 11.9 Å². The van der Waals surface area contributed by atoms with E-state index in [2.05, 4.69) is 19.2 Å². The molecule has 7 unspecified atom stereocenters. The quantitative estimate of drug-likeness (QED) is 0.0195. The second-order valence-electron chi connectivity index (χ2n) is 22.8. The average Bonchev–Trinajstić information content (AvgIpc) is 3.41. The van der Waals surface area contributed by atoms with Crippen molar-refractivity contribution in [3.05, 3.63) is 12.2 Å². The molecular weight excluding hydrogens is 943 g/mol. The lowest BCUT2D eigenvalue weighted by Gasteiger charge is -2.40. The predicted molar refractivity (Wildman–Crippen MR) is 311 cm³/mol. The van der Waals surface area contributed by atoms with Crippen molar-refractivity contribution in [2.24, 2.45) is 0 Å². The largest absolute Gasteiger partial charge is 0.466 e. The molecule has 1 amide bonds. The van der Waals surface area contributed by atoms with Gasteiger partial charge in [0.2, 0.25) is 5.91 Å². The summed E-state index contributed by atoms with van der Waals surface area (Å²) in [5, 5.41) is 54.2. The van der Waals surface area contributed by atoms with Crippen molar-refractivity contribution in [2.75, 3.05) is 19.8 Å². The number of hydrogen-bond donors (Lipinski definition) is 6. The van der Waals surface area contributed by atoms with Gasteiger partial charge in [-0.1, -0.05) is 289 Å². The van der Waals surface area contributed by atoms with Gasteiger partial charge in [0.1, 0.15) is 24.4 Å². The molecule has 0 aromatic carbocycles. The predicted octanol–water partition coefficient (Wildman–Crippen LogP) is 15.5. The molecule has 1 rings (SSSR count). The molecule has 0 aliphatic carbocycles. The molecule has 0 aromatic rings. The first kappa shape index (κ1) is 71.4. The van der Waals surface area contributed by atoms with E-state index in [1.165, 1.54) is 238 Å². The fraction of sp³-hybridized carbons (Fsp3) is 0.938. The fourth-order valence-electron chi connectivity index (χ4n) is 10.5. The van der Waals surface area contributed by atoms with Crippen molar-refractivity contribution in [2.45, 2.75) is 365 Å². The van der Waals surface area contributed by atoms with Crippen LogP contribution in [0.1, 0.15) is 322 Å². The van der Waals surface area contributed by atoms with Gasteiger partial charge in [0.25, 0.3) is 0 Å². The first-order valence-corrected chi connectivity index (χ1v) is 32.5. The van der Waals surface area contributed by atoms with Crippen LogP contribution in [0.3, 0.4) is 0 Å². The minimum Gasteiger partial charge on any atom is -0.466 e. The van der Waals surface area contributed by atoms with Gasteiger partial charge in [0, 0.05) is 12.8 Å². The van der Waals surface area contributed by atoms with Crippen LogP contribution in [0, 0.1) is 0 Å². The summed E-state index contributed by atoms with van der Waals surface area (Å²) >= 11 is 0. The van der Waals surface area contributed by atoms with E-state index in [0.29, 0.717) is 19.4 Å². The Morgan fingerprint density at radius 2 is 0.840 bits per heavy atom. The lowest BCUT2D eigenvalue weighted by Crippen LogP contribution is -2.60. The van der Waals surface area contributed by atoms with Gasteiger partial charge in [-0.25, -0.2) is 0 Å². The molecule has 75 heavy (non-hydrogen) atoms. The zero-order valence-corrected chi connectivity index (χ0v) is 49.0. The molecule has 0 bridgehead atoms. The maximum absolute atomic E-state index is 13.0. The summed E-state index contributed by atoms with van der Waals surface area (Å²) in [5.74, 6) is -0.182. The van der Waals surface area contributed by atoms with Gasteiger partial charge in [0.05, 0.1) is 32.0 Å². The molecule has 0 radical (unpaired) electrons. The number of aliphatic hydroxyl groups excluding tert-OH is 5. The zero-order valence-electron chi connectivity index (χ0n) is 49.0. The van der Waals surface area contributed by atoms with Crippen molar-refractivity contribution < 1.29 is 49.3 Å². The standard InChI is InChI=1S/C64H123NO10/c1-3-5-7-9-11-13-14-15-16-17-23-26-29-32-36-40-44-48-52-60(69)73-53-49-45-41-37-33-30-27-24-21-19-18-20-22-25-28-31-35-39-43-47-51-59(68)65-56(57(67)50-46-42-38-34-12-10-8-6-4-2)55-74-64-63(72)62(71)61(70)58(54-66)75-64/h46,50,56-58,61-64,66-67,70-72H,3-45,47-49,51-55H2,1-2H3,(H,65,68)/b50-46+. The summed E-state index contributed by atoms with van der Waals surface area (Å²) in [6, 6.07) is -0.809. The second kappa shape index (κ2) is 54.4. The highest BCUT2D eigenvalue weighted by Gasteiger charge is 2.44. The zero-order chi connectivity index (χ0) is 54.5. The smallest absolute Gasteiger partial charge is 0.305 e. The molecule has 0 spiro atoms. The minimum absolute atomic E-state index is 0.00163. The summed E-state index contributed by atoms with van der Waals surface area (Å²) in [6.07, 6.45) is 54.8. The van der Waals surface area contributed by atoms with Crippen molar-refractivity contribution in [3.8, 4) is 0 Å². The molecule has 444 valence electrons. The number of ether oxygens (including phenoxy) is 3. The molecule has 11 heteroatoms. The Morgan fingerprint density at radius 3 is 1.24 bits per heavy atom. The Balaban J connectivity index is 1.95. The molecule has 11 nitrogen and oxygen atoms in total. The normalized spacial score (nSPS) is 18.7. The third-order valence-electron chi connectivity index (χ3n) is 15.7. The van der Waals surface area contributed by atoms with Crippen LogP contribution < -0.4 is 5.32 Å². The third kappa shape index (κ3) is 43.9. The Bertz CT molecular complexity index is 1250. The Morgan fingerprint density at radius 1 is 0.480 bits per heavy atom. The highest BCUT2D eigenvalue weighted by Crippen LogP contribution is 2.23. The van der Waals surface area contributed by atoms with Crippen LogP contribution in [0.2, 0.25) is 0 Å². The topological polar surface area (TPSA) is 175 Å². The lowest BCUT2D eigenvalue weighted by atomic mass is 9.99. The summed E-state index contributed by atoms with van der Waals surface area (Å²) in [7, 11) is 0. The van der Waals surface area contributed by atoms with E-state index in [0.717, 1.165) is 57.8 Å². The van der Waals surface area contributed by atoms with Crippen LogP contribution in [0.15, 0.2) is 12.2 Å². The van der Waals surface area contributed by atoms with Crippen LogP contribution in [0.5, 0.6) is 0 Å². The van der Waals surface area contributed by atoms with Gasteiger partial charge >= 0.3 is 5.97 Å². The highest BCUT2D eigenvalue weighted by atomic mass is 16.7. The number of hydrogen-bond acceptors (Lipinski definition) is 10. The Hall–Kier alpha value is -1.60. The van der Waals surface area contributed by atoms with E-state index >= 15 is 0 Å². The molecule has 1 heterocycles. The molecule has 1 saturated heterocycles. The number of rotatable bonds is 57. The monoisotopic (exact) mass is 1070 g/mol. The lowest BCUT2D eigenvalue weighted by molar-refractivity contribution is -0.302. The molecule has 7 atom stereocenters. The van der Waals surface area contributed by atoms with Gasteiger partial charge in [0.15, 0.2) is 6.29 Å². The molecular formula is C64H123NO10. The number of carbonyl (C=O) groups excluding carboxylic acids is 2. The third-order valence-corrected chi connectivity index (χ3v) is 15.7. The van der Waals surface area contributed by atoms with E-state index in [9.17, 15) is 35.1 Å². The second-order valence-corrected chi connectivity index (χ2v) is 22.8. The summed E-state index contributed by atoms with van der Waals surface area (Å²) < 4.78 is 16.7. The highest BCUT2D eigenvalue weighted by molar-refractivity contribution is 5.76. The number of unbranched alkanes of at least 4 members (excludes halogenated alkanes) is 43. The van der Waals surface area contributed by atoms with Crippen LogP contribution in [0.4, 0.5) is 0 Å². The number of aliphatic hydroxyl groups is 5. The number of allylic oxidation sites excluding steroid dienone is 1. The maximum Gasteiger partial charge on any atom is 0.305 e. The maximum atomic E-state index is 13.0. The van der Waals surface area contributed by atoms with Gasteiger partial charge < -0.3 is 45.1 Å². The van der Waals surface area contributed by atoms with Gasteiger partial charge in [-0.3, -0.25) is 9.59 Å². The fourth-order valence-corrected chi connectivity index (χ4v) is 10.5. The van der Waals surface area contributed by atoms with Crippen LogP contribution >= 0.6 is 0 Å². The van der Waals surface area contributed by atoms with Crippen molar-refractivity contribution in [1.82, 2.24) is 5.32 Å². The Kier molecular flexibility index (Phi) is 51.8. The van der Waals surface area contributed by atoms with E-state index in [1.807, 2.05) is 6.08 Å². The average molecular weight is 1070 g/mol. The number of amides is 1. The SMILES string of the molecule is CCCCCCCCC/C=C/C(O)C(COC1OC(CO)C(O)C(O)C1O)NC(=O)CCCCCCCCCCCCCCCCCCCCCCOC(=O)CCCCCCCCCCCCCCCCCCCC. The van der Waals surface area contributed by atoms with E-state index in [1.54, 1.807) is 6.08 Å².